The van der Waals surface area contributed by atoms with Crippen LogP contribution in [0.15, 0.2) is 48.5 Å². The zero-order valence-corrected chi connectivity index (χ0v) is 16.1. The van der Waals surface area contributed by atoms with Crippen molar-refractivity contribution < 1.29 is 22.8 Å². The summed E-state index contributed by atoms with van der Waals surface area (Å²) < 4.78 is 42.0. The fourth-order valence-corrected chi connectivity index (χ4v) is 3.80. The number of aromatic nitrogens is 2. The van der Waals surface area contributed by atoms with Gasteiger partial charge in [-0.1, -0.05) is 24.3 Å². The van der Waals surface area contributed by atoms with Crippen LogP contribution in [0.1, 0.15) is 18.8 Å². The molecule has 2 heterocycles. The Hall–Kier alpha value is -3.36. The van der Waals surface area contributed by atoms with Crippen molar-refractivity contribution in [2.75, 3.05) is 18.5 Å². The Balaban J connectivity index is 1.52. The van der Waals surface area contributed by atoms with Crippen molar-refractivity contribution in [1.29, 1.82) is 0 Å². The van der Waals surface area contributed by atoms with E-state index in [-0.39, 0.29) is 48.4 Å². The molecule has 0 aliphatic carbocycles. The minimum absolute atomic E-state index is 0.0359. The number of hydrogen-bond acceptors (Lipinski definition) is 3. The van der Waals surface area contributed by atoms with Crippen molar-refractivity contribution in [2.45, 2.75) is 19.5 Å². The van der Waals surface area contributed by atoms with Crippen LogP contribution < -0.4 is 4.90 Å². The molecule has 1 aromatic heterocycles. The molecule has 1 aliphatic heterocycles. The summed E-state index contributed by atoms with van der Waals surface area (Å²) in [6.07, 6.45) is -0.0667. The topological polar surface area (TPSA) is 58.4 Å². The van der Waals surface area contributed by atoms with E-state index in [9.17, 15) is 22.8 Å². The monoisotopic (exact) mass is 416 g/mol. The molecule has 1 atom stereocenters. The van der Waals surface area contributed by atoms with Gasteiger partial charge in [-0.25, -0.2) is 9.37 Å². The van der Waals surface area contributed by atoms with Crippen LogP contribution in [0, 0.1) is 11.7 Å². The fourth-order valence-electron chi connectivity index (χ4n) is 3.80. The van der Waals surface area contributed by atoms with Crippen LogP contribution in [0.25, 0.3) is 11.0 Å². The number of carbonyl (C=O) groups is 2. The smallest absolute Gasteiger partial charge is 0.320 e. The van der Waals surface area contributed by atoms with Crippen LogP contribution >= 0.6 is 0 Å². The fraction of sp³-hybridized carbons (Fsp3) is 0.286. The molecular formula is C21H19F3N4O2. The molecule has 1 aliphatic rings. The van der Waals surface area contributed by atoms with Gasteiger partial charge in [0, 0.05) is 20.0 Å². The third-order valence-electron chi connectivity index (χ3n) is 5.24. The molecule has 1 unspecified atom stereocenters. The maximum Gasteiger partial charge on any atom is 0.320 e. The number of carbonyl (C=O) groups excluding carboxylic acids is 2. The van der Waals surface area contributed by atoms with Gasteiger partial charge in [0.15, 0.2) is 0 Å². The molecule has 0 N–H and O–H groups in total. The van der Waals surface area contributed by atoms with E-state index >= 15 is 0 Å². The Morgan fingerprint density at radius 1 is 1.20 bits per heavy atom. The van der Waals surface area contributed by atoms with Crippen molar-refractivity contribution in [2.24, 2.45) is 5.92 Å². The number of hydrogen-bond donors (Lipinski definition) is 0. The van der Waals surface area contributed by atoms with Crippen molar-refractivity contribution in [3.63, 3.8) is 0 Å². The van der Waals surface area contributed by atoms with Crippen LogP contribution in [0.3, 0.4) is 0 Å². The number of anilines is 1. The van der Waals surface area contributed by atoms with E-state index in [1.165, 1.54) is 35.0 Å². The predicted octanol–water partition coefficient (Wildman–Crippen LogP) is 3.58. The van der Waals surface area contributed by atoms with Gasteiger partial charge in [0.1, 0.15) is 11.6 Å². The highest BCUT2D eigenvalue weighted by Crippen LogP contribution is 2.29. The normalized spacial score (nSPS) is 16.6. The molecule has 2 aromatic carbocycles. The van der Waals surface area contributed by atoms with Crippen LogP contribution in [-0.2, 0) is 16.1 Å². The van der Waals surface area contributed by atoms with Gasteiger partial charge in [0.25, 0.3) is 0 Å². The van der Waals surface area contributed by atoms with Gasteiger partial charge < -0.3 is 9.80 Å². The molecule has 0 bridgehead atoms. The molecule has 0 radical (unpaired) electrons. The first-order valence-corrected chi connectivity index (χ1v) is 9.40. The van der Waals surface area contributed by atoms with E-state index < -0.39 is 18.3 Å². The van der Waals surface area contributed by atoms with E-state index in [0.29, 0.717) is 5.52 Å². The molecular weight excluding hydrogens is 397 g/mol. The highest BCUT2D eigenvalue weighted by molar-refractivity contribution is 6.00. The molecule has 2 amide bonds. The Kier molecular flexibility index (Phi) is 5.19. The number of imidazole rings is 1. The molecule has 1 fully saturated rings. The number of amides is 2. The zero-order valence-electron chi connectivity index (χ0n) is 16.1. The lowest BCUT2D eigenvalue weighted by Crippen LogP contribution is -2.35. The van der Waals surface area contributed by atoms with Gasteiger partial charge in [-0.3, -0.25) is 14.2 Å². The van der Waals surface area contributed by atoms with E-state index in [0.717, 1.165) is 4.57 Å². The largest absolute Gasteiger partial charge is 0.338 e. The molecule has 6 nitrogen and oxygen atoms in total. The minimum atomic E-state index is -2.81. The second kappa shape index (κ2) is 7.81. The first kappa shape index (κ1) is 19.9. The minimum Gasteiger partial charge on any atom is -0.338 e. The Morgan fingerprint density at radius 3 is 2.63 bits per heavy atom. The Labute approximate surface area is 170 Å². The van der Waals surface area contributed by atoms with Gasteiger partial charge in [0.2, 0.25) is 11.8 Å². The van der Waals surface area contributed by atoms with E-state index in [4.69, 9.17) is 0 Å². The standard InChI is InChI=1S/C21H19F3N4O2/c1-26(12-18-25-15-7-3-5-9-17(15)28(18)21(23)24)20(30)13-10-19(29)27(11-13)16-8-4-2-6-14(16)22/h2-9,13,21H,10-12H2,1H3. The number of benzene rings is 2. The third-order valence-corrected chi connectivity index (χ3v) is 5.24. The second-order valence-electron chi connectivity index (χ2n) is 7.22. The number of rotatable bonds is 5. The molecule has 3 aromatic rings. The van der Waals surface area contributed by atoms with Gasteiger partial charge in [-0.15, -0.1) is 0 Å². The first-order chi connectivity index (χ1) is 14.4. The molecule has 1 saturated heterocycles. The van der Waals surface area contributed by atoms with Crippen molar-refractivity contribution in [3.8, 4) is 0 Å². The Morgan fingerprint density at radius 2 is 1.90 bits per heavy atom. The zero-order chi connectivity index (χ0) is 21.4. The maximum atomic E-state index is 14.0. The van der Waals surface area contributed by atoms with Crippen LogP contribution in [0.2, 0.25) is 0 Å². The second-order valence-corrected chi connectivity index (χ2v) is 7.22. The number of halogens is 3. The lowest BCUT2D eigenvalue weighted by atomic mass is 10.1. The summed E-state index contributed by atoms with van der Waals surface area (Å²) in [4.78, 5) is 32.0. The molecule has 0 spiro atoms. The van der Waals surface area contributed by atoms with Crippen LogP contribution in [-0.4, -0.2) is 39.9 Å². The maximum absolute atomic E-state index is 14.0. The predicted molar refractivity (Wildman–Crippen MR) is 104 cm³/mol. The number of nitrogens with zero attached hydrogens (tertiary/aromatic N) is 4. The van der Waals surface area contributed by atoms with Crippen molar-refractivity contribution in [3.05, 3.63) is 60.2 Å². The number of alkyl halides is 2. The van der Waals surface area contributed by atoms with E-state index in [1.807, 2.05) is 0 Å². The van der Waals surface area contributed by atoms with Gasteiger partial charge >= 0.3 is 6.55 Å². The average molecular weight is 416 g/mol. The summed E-state index contributed by atoms with van der Waals surface area (Å²) in [6, 6.07) is 12.4. The number of fused-ring (bicyclic) bond motifs is 1. The summed E-state index contributed by atoms with van der Waals surface area (Å²) in [7, 11) is 1.48. The van der Waals surface area contributed by atoms with Crippen molar-refractivity contribution >= 4 is 28.5 Å². The summed E-state index contributed by atoms with van der Waals surface area (Å²) in [5, 5.41) is 0. The van der Waals surface area contributed by atoms with Crippen LogP contribution in [0.5, 0.6) is 0 Å². The molecule has 0 saturated carbocycles. The van der Waals surface area contributed by atoms with Crippen molar-refractivity contribution in [1.82, 2.24) is 14.5 Å². The van der Waals surface area contributed by atoms with E-state index in [2.05, 4.69) is 4.98 Å². The van der Waals surface area contributed by atoms with E-state index in [1.54, 1.807) is 30.3 Å². The highest BCUT2D eigenvalue weighted by atomic mass is 19.3. The third kappa shape index (κ3) is 3.51. The highest BCUT2D eigenvalue weighted by Gasteiger charge is 2.37. The Bertz CT molecular complexity index is 1110. The van der Waals surface area contributed by atoms with Gasteiger partial charge in [-0.05, 0) is 24.3 Å². The van der Waals surface area contributed by atoms with Crippen LogP contribution in [0.4, 0.5) is 18.9 Å². The van der Waals surface area contributed by atoms with Gasteiger partial charge in [0.05, 0.1) is 29.2 Å². The quantitative estimate of drug-likeness (QED) is 0.639. The molecule has 30 heavy (non-hydrogen) atoms. The number of para-hydroxylation sites is 3. The lowest BCUT2D eigenvalue weighted by Gasteiger charge is -2.22. The summed E-state index contributed by atoms with van der Waals surface area (Å²) in [5.74, 6) is -1.91. The first-order valence-electron chi connectivity index (χ1n) is 9.40. The summed E-state index contributed by atoms with van der Waals surface area (Å²) in [6.45, 7) is -2.91. The molecule has 9 heteroatoms. The summed E-state index contributed by atoms with van der Waals surface area (Å²) >= 11 is 0. The van der Waals surface area contributed by atoms with Gasteiger partial charge in [-0.2, -0.15) is 8.78 Å². The molecule has 4 rings (SSSR count). The lowest BCUT2D eigenvalue weighted by molar-refractivity contribution is -0.135. The SMILES string of the molecule is CN(Cc1nc2ccccc2n1C(F)F)C(=O)C1CC(=O)N(c2ccccc2F)C1. The molecule has 156 valence electrons. The summed E-state index contributed by atoms with van der Waals surface area (Å²) in [5.41, 5.74) is 0.820. The average Bonchev–Trinajstić information content (AvgIpc) is 3.27.